The first-order valence-electron chi connectivity index (χ1n) is 8.72. The largest absolute Gasteiger partial charge is 0.302 e. The molecule has 0 aliphatic heterocycles. The molecule has 1 aliphatic carbocycles. The van der Waals surface area contributed by atoms with Gasteiger partial charge in [0.15, 0.2) is 26.6 Å². The molecule has 3 aromatic rings. The van der Waals surface area contributed by atoms with Gasteiger partial charge in [0.1, 0.15) is 0 Å². The number of amides is 1. The summed E-state index contributed by atoms with van der Waals surface area (Å²) in [6.45, 7) is 0. The fourth-order valence-electron chi connectivity index (χ4n) is 3.25. The number of benzene rings is 2. The molecule has 1 aromatic heterocycles. The third-order valence-corrected chi connectivity index (χ3v) is 7.35. The van der Waals surface area contributed by atoms with Gasteiger partial charge in [0, 0.05) is 12.5 Å². The van der Waals surface area contributed by atoms with E-state index in [1.165, 1.54) is 5.56 Å². The Kier molecular flexibility index (Phi) is 4.88. The van der Waals surface area contributed by atoms with E-state index in [2.05, 4.69) is 10.3 Å². The number of rotatable bonds is 5. The number of sulfone groups is 1. The Morgan fingerprint density at radius 3 is 2.68 bits per heavy atom. The van der Waals surface area contributed by atoms with Gasteiger partial charge >= 0.3 is 0 Å². The second-order valence-electron chi connectivity index (χ2n) is 6.65. The Labute approximate surface area is 164 Å². The summed E-state index contributed by atoms with van der Waals surface area (Å²) in [6, 6.07) is 7.10. The zero-order chi connectivity index (χ0) is 19.9. The molecule has 2 aromatic carbocycles. The molecule has 0 bridgehead atoms. The number of nitrogens with zero attached hydrogens (tertiary/aromatic N) is 1. The summed E-state index contributed by atoms with van der Waals surface area (Å²) in [5.41, 5.74) is 2.46. The first-order chi connectivity index (χ1) is 13.3. The third kappa shape index (κ3) is 3.77. The summed E-state index contributed by atoms with van der Waals surface area (Å²) in [7, 11) is -3.58. The summed E-state index contributed by atoms with van der Waals surface area (Å²) in [5, 5.41) is 2.66. The van der Waals surface area contributed by atoms with Crippen LogP contribution in [0.3, 0.4) is 0 Å². The molecular weight excluding hydrogens is 406 g/mol. The van der Waals surface area contributed by atoms with Crippen LogP contribution in [0.5, 0.6) is 0 Å². The van der Waals surface area contributed by atoms with E-state index in [1.807, 2.05) is 6.07 Å². The molecule has 146 valence electrons. The number of halogens is 2. The van der Waals surface area contributed by atoms with Gasteiger partial charge in [-0.25, -0.2) is 22.2 Å². The normalized spacial score (nSPS) is 13.6. The van der Waals surface area contributed by atoms with Crippen molar-refractivity contribution in [2.24, 2.45) is 0 Å². The van der Waals surface area contributed by atoms with Crippen LogP contribution in [0.1, 0.15) is 24.0 Å². The fourth-order valence-corrected chi connectivity index (χ4v) is 5.42. The molecule has 0 saturated carbocycles. The summed E-state index contributed by atoms with van der Waals surface area (Å²) >= 11 is 0.993. The highest BCUT2D eigenvalue weighted by molar-refractivity contribution is 7.91. The molecule has 0 atom stereocenters. The van der Waals surface area contributed by atoms with Gasteiger partial charge in [-0.1, -0.05) is 17.4 Å². The van der Waals surface area contributed by atoms with Gasteiger partial charge in [0.25, 0.3) is 0 Å². The molecule has 4 rings (SSSR count). The number of aryl methyl sites for hydroxylation is 2. The van der Waals surface area contributed by atoms with Gasteiger partial charge in [0.2, 0.25) is 5.91 Å². The number of hydrogen-bond acceptors (Lipinski definition) is 5. The Morgan fingerprint density at radius 2 is 1.86 bits per heavy atom. The van der Waals surface area contributed by atoms with Crippen molar-refractivity contribution in [3.8, 4) is 0 Å². The minimum Gasteiger partial charge on any atom is -0.302 e. The van der Waals surface area contributed by atoms with Gasteiger partial charge in [-0.2, -0.15) is 0 Å². The summed E-state index contributed by atoms with van der Waals surface area (Å²) in [6.07, 6.45) is 2.63. The van der Waals surface area contributed by atoms with Gasteiger partial charge in [-0.05, 0) is 48.6 Å². The third-order valence-electron chi connectivity index (χ3n) is 4.70. The van der Waals surface area contributed by atoms with Crippen LogP contribution in [0.2, 0.25) is 0 Å². The fraction of sp³-hybridized carbons (Fsp3) is 0.263. The number of anilines is 1. The van der Waals surface area contributed by atoms with Crippen LogP contribution in [-0.2, 0) is 27.5 Å². The van der Waals surface area contributed by atoms with E-state index in [4.69, 9.17) is 0 Å². The standard InChI is InChI=1S/C19H16F2N2O3S2/c20-14-9-16-17(10-15(14)21)27-19(22-16)23-18(24)6-7-28(25,26)13-5-4-11-2-1-3-12(11)8-13/h4-5,8-10H,1-3,6-7H2,(H,22,23,24). The van der Waals surface area contributed by atoms with Crippen molar-refractivity contribution in [1.82, 2.24) is 4.98 Å². The molecular formula is C19H16F2N2O3S2. The SMILES string of the molecule is O=C(CCS(=O)(=O)c1ccc2c(c1)CCC2)Nc1nc2cc(F)c(F)cc2s1. The van der Waals surface area contributed by atoms with Crippen molar-refractivity contribution in [3.05, 3.63) is 53.1 Å². The highest BCUT2D eigenvalue weighted by atomic mass is 32.2. The number of hydrogen-bond donors (Lipinski definition) is 1. The number of fused-ring (bicyclic) bond motifs is 2. The van der Waals surface area contributed by atoms with Crippen LogP contribution in [0.25, 0.3) is 10.2 Å². The van der Waals surface area contributed by atoms with Gasteiger partial charge in [0.05, 0.1) is 20.9 Å². The average molecular weight is 422 g/mol. The predicted octanol–water partition coefficient (Wildman–Crippen LogP) is 3.87. The first kappa shape index (κ1) is 18.9. The van der Waals surface area contributed by atoms with E-state index in [0.29, 0.717) is 4.70 Å². The molecule has 0 unspecified atom stereocenters. The summed E-state index contributed by atoms with van der Waals surface area (Å²) in [4.78, 5) is 16.4. The second-order valence-corrected chi connectivity index (χ2v) is 9.79. The smallest absolute Gasteiger partial charge is 0.227 e. The lowest BCUT2D eigenvalue weighted by Crippen LogP contribution is -2.17. The topological polar surface area (TPSA) is 76.1 Å². The predicted molar refractivity (Wildman–Crippen MR) is 103 cm³/mol. The first-order valence-corrected chi connectivity index (χ1v) is 11.2. The number of nitrogens with one attached hydrogen (secondary N) is 1. The van der Waals surface area contributed by atoms with Gasteiger partial charge in [-0.3, -0.25) is 4.79 Å². The molecule has 0 spiro atoms. The van der Waals surface area contributed by atoms with Crippen molar-refractivity contribution in [2.75, 3.05) is 11.1 Å². The summed E-state index contributed by atoms with van der Waals surface area (Å²) in [5.74, 6) is -2.86. The Bertz CT molecular complexity index is 1150. The van der Waals surface area contributed by atoms with E-state index >= 15 is 0 Å². The molecule has 28 heavy (non-hydrogen) atoms. The Hall–Kier alpha value is -2.39. The zero-order valence-corrected chi connectivity index (χ0v) is 16.3. The number of carbonyl (C=O) groups excluding carboxylic acids is 1. The Morgan fingerprint density at radius 1 is 1.11 bits per heavy atom. The van der Waals surface area contributed by atoms with E-state index in [0.717, 1.165) is 48.3 Å². The van der Waals surface area contributed by atoms with Crippen LogP contribution < -0.4 is 5.32 Å². The Balaban J connectivity index is 1.42. The van der Waals surface area contributed by atoms with Crippen molar-refractivity contribution >= 4 is 42.4 Å². The van der Waals surface area contributed by atoms with Crippen molar-refractivity contribution in [3.63, 3.8) is 0 Å². The summed E-state index contributed by atoms with van der Waals surface area (Å²) < 4.78 is 52.0. The lowest BCUT2D eigenvalue weighted by Gasteiger charge is -2.07. The maximum atomic E-state index is 13.3. The molecule has 1 amide bonds. The molecule has 0 radical (unpaired) electrons. The maximum absolute atomic E-state index is 13.3. The van der Waals surface area contributed by atoms with E-state index in [1.54, 1.807) is 12.1 Å². The molecule has 0 saturated heterocycles. The minimum absolute atomic E-state index is 0.167. The van der Waals surface area contributed by atoms with Crippen LogP contribution in [0.15, 0.2) is 35.2 Å². The lowest BCUT2D eigenvalue weighted by atomic mass is 10.1. The van der Waals surface area contributed by atoms with Crippen LogP contribution in [-0.4, -0.2) is 25.1 Å². The molecule has 5 nitrogen and oxygen atoms in total. The lowest BCUT2D eigenvalue weighted by molar-refractivity contribution is -0.115. The van der Waals surface area contributed by atoms with Crippen LogP contribution in [0, 0.1) is 11.6 Å². The highest BCUT2D eigenvalue weighted by Crippen LogP contribution is 2.28. The maximum Gasteiger partial charge on any atom is 0.227 e. The van der Waals surface area contributed by atoms with Crippen molar-refractivity contribution < 1.29 is 22.0 Å². The second kappa shape index (κ2) is 7.21. The monoisotopic (exact) mass is 422 g/mol. The molecule has 0 fully saturated rings. The van der Waals surface area contributed by atoms with Gasteiger partial charge < -0.3 is 5.32 Å². The van der Waals surface area contributed by atoms with Crippen LogP contribution >= 0.6 is 11.3 Å². The molecule has 1 heterocycles. The zero-order valence-electron chi connectivity index (χ0n) is 14.7. The molecule has 9 heteroatoms. The minimum atomic E-state index is -3.58. The van der Waals surface area contributed by atoms with Crippen molar-refractivity contribution in [2.45, 2.75) is 30.6 Å². The van der Waals surface area contributed by atoms with E-state index < -0.39 is 27.4 Å². The number of aromatic nitrogens is 1. The van der Waals surface area contributed by atoms with E-state index in [9.17, 15) is 22.0 Å². The highest BCUT2D eigenvalue weighted by Gasteiger charge is 2.20. The molecule has 1 aliphatic rings. The average Bonchev–Trinajstić information content (AvgIpc) is 3.26. The molecule has 1 N–H and O–H groups in total. The van der Waals surface area contributed by atoms with Crippen molar-refractivity contribution in [1.29, 1.82) is 0 Å². The number of carbonyl (C=O) groups is 1. The van der Waals surface area contributed by atoms with Crippen LogP contribution in [0.4, 0.5) is 13.9 Å². The number of thiazole rings is 1. The van der Waals surface area contributed by atoms with E-state index in [-0.39, 0.29) is 27.7 Å². The quantitative estimate of drug-likeness (QED) is 0.677. The van der Waals surface area contributed by atoms with Gasteiger partial charge in [-0.15, -0.1) is 0 Å².